The molecule has 0 saturated carbocycles. The monoisotopic (exact) mass is 379 g/mol. The largest absolute Gasteiger partial charge is 0.241 e. The highest BCUT2D eigenvalue weighted by Gasteiger charge is 2.21. The van der Waals surface area contributed by atoms with Crippen LogP contribution in [-0.4, -0.2) is 14.5 Å². The molecule has 0 radical (unpaired) electrons. The predicted molar refractivity (Wildman–Crippen MR) is 84.6 cm³/mol. The Hall–Kier alpha value is -0.210. The number of hydrogen-bond acceptors (Lipinski definition) is 4. The first-order chi connectivity index (χ1) is 8.88. The van der Waals surface area contributed by atoms with Gasteiger partial charge in [0.05, 0.1) is 8.68 Å². The van der Waals surface area contributed by atoms with Gasteiger partial charge in [-0.1, -0.05) is 0 Å². The minimum absolute atomic E-state index is 0.127. The van der Waals surface area contributed by atoms with Crippen molar-refractivity contribution in [3.05, 3.63) is 37.1 Å². The van der Waals surface area contributed by atoms with Crippen LogP contribution in [0.5, 0.6) is 0 Å². The van der Waals surface area contributed by atoms with Crippen molar-refractivity contribution in [1.29, 1.82) is 0 Å². The maximum absolute atomic E-state index is 12.3. The van der Waals surface area contributed by atoms with Crippen LogP contribution < -0.4 is 4.72 Å². The molecule has 0 aliphatic carbocycles. The Balaban J connectivity index is 2.11. The average Bonchev–Trinajstić information content (AvgIpc) is 2.87. The topological polar surface area (TPSA) is 46.2 Å². The number of hydrogen-bond donors (Lipinski definition) is 1. The zero-order chi connectivity index (χ0) is 14.0. The van der Waals surface area contributed by atoms with Crippen LogP contribution in [0.25, 0.3) is 0 Å². The Kier molecular flexibility index (Phi) is 4.84. The smallest absolute Gasteiger partial charge is 0.208 e. The SMILES string of the molecule is Cc1sc(Br)cc1S(=O)(=O)NC(C)Cc1ccsc1. The Labute approximate surface area is 129 Å². The molecule has 7 heteroatoms. The summed E-state index contributed by atoms with van der Waals surface area (Å²) in [5.41, 5.74) is 1.16. The molecular weight excluding hydrogens is 366 g/mol. The molecule has 1 unspecified atom stereocenters. The average molecular weight is 380 g/mol. The van der Waals surface area contributed by atoms with Crippen LogP contribution in [0.3, 0.4) is 0 Å². The highest BCUT2D eigenvalue weighted by molar-refractivity contribution is 9.11. The van der Waals surface area contributed by atoms with E-state index in [2.05, 4.69) is 20.7 Å². The van der Waals surface area contributed by atoms with Crippen LogP contribution >= 0.6 is 38.6 Å². The molecule has 2 heterocycles. The first-order valence-electron chi connectivity index (χ1n) is 5.68. The van der Waals surface area contributed by atoms with Crippen LogP contribution in [0.2, 0.25) is 0 Å². The third kappa shape index (κ3) is 3.88. The van der Waals surface area contributed by atoms with Gasteiger partial charge in [-0.2, -0.15) is 11.3 Å². The van der Waals surface area contributed by atoms with E-state index < -0.39 is 10.0 Å². The summed E-state index contributed by atoms with van der Waals surface area (Å²) in [5, 5.41) is 4.04. The fourth-order valence-corrected chi connectivity index (χ4v) is 6.17. The van der Waals surface area contributed by atoms with Gasteiger partial charge in [-0.25, -0.2) is 13.1 Å². The van der Waals surface area contributed by atoms with E-state index in [0.717, 1.165) is 14.2 Å². The number of sulfonamides is 1. The second kappa shape index (κ2) is 6.05. The van der Waals surface area contributed by atoms with Crippen LogP contribution in [0.1, 0.15) is 17.4 Å². The van der Waals surface area contributed by atoms with Crippen molar-refractivity contribution < 1.29 is 8.42 Å². The molecule has 0 saturated heterocycles. The normalized spacial score (nSPS) is 13.6. The van der Waals surface area contributed by atoms with Crippen molar-refractivity contribution in [3.63, 3.8) is 0 Å². The summed E-state index contributed by atoms with van der Waals surface area (Å²) in [6.07, 6.45) is 0.701. The van der Waals surface area contributed by atoms with Gasteiger partial charge >= 0.3 is 0 Å². The minimum Gasteiger partial charge on any atom is -0.208 e. The summed E-state index contributed by atoms with van der Waals surface area (Å²) in [6.45, 7) is 3.69. The lowest BCUT2D eigenvalue weighted by Crippen LogP contribution is -2.34. The standard InChI is InChI=1S/C12H14BrNO2S3/c1-8(5-10-3-4-17-7-10)14-19(15,16)11-6-12(13)18-9(11)2/h3-4,6-8,14H,5H2,1-2H3. The van der Waals surface area contributed by atoms with Crippen LogP contribution in [0, 0.1) is 6.92 Å². The molecule has 0 bridgehead atoms. The van der Waals surface area contributed by atoms with Crippen molar-refractivity contribution in [1.82, 2.24) is 4.72 Å². The minimum atomic E-state index is -3.44. The molecule has 1 N–H and O–H groups in total. The summed E-state index contributed by atoms with van der Waals surface area (Å²) < 4.78 is 28.1. The first-order valence-corrected chi connectivity index (χ1v) is 9.71. The third-order valence-electron chi connectivity index (χ3n) is 2.61. The predicted octanol–water partition coefficient (Wildman–Crippen LogP) is 3.79. The van der Waals surface area contributed by atoms with Gasteiger partial charge in [-0.15, -0.1) is 11.3 Å². The van der Waals surface area contributed by atoms with Gasteiger partial charge in [-0.3, -0.25) is 0 Å². The first kappa shape index (κ1) is 15.2. The summed E-state index contributed by atoms with van der Waals surface area (Å²) in [5.74, 6) is 0. The Bertz CT molecular complexity index is 647. The molecule has 0 amide bonds. The van der Waals surface area contributed by atoms with Crippen molar-refractivity contribution in [3.8, 4) is 0 Å². The zero-order valence-corrected chi connectivity index (χ0v) is 14.5. The number of thiophene rings is 2. The number of nitrogens with one attached hydrogen (secondary N) is 1. The van der Waals surface area contributed by atoms with Crippen LogP contribution in [-0.2, 0) is 16.4 Å². The molecular formula is C12H14BrNO2S3. The van der Waals surface area contributed by atoms with Gasteiger partial charge < -0.3 is 0 Å². The van der Waals surface area contributed by atoms with E-state index >= 15 is 0 Å². The van der Waals surface area contributed by atoms with Crippen LogP contribution in [0.15, 0.2) is 31.6 Å². The molecule has 1 atom stereocenters. The van der Waals surface area contributed by atoms with E-state index in [1.165, 1.54) is 11.3 Å². The molecule has 104 valence electrons. The van der Waals surface area contributed by atoms with Crippen molar-refractivity contribution in [2.45, 2.75) is 31.2 Å². The molecule has 0 fully saturated rings. The van der Waals surface area contributed by atoms with Gasteiger partial charge in [0.25, 0.3) is 0 Å². The molecule has 0 spiro atoms. The zero-order valence-electron chi connectivity index (χ0n) is 10.5. The van der Waals surface area contributed by atoms with Gasteiger partial charge in [0, 0.05) is 10.9 Å². The van der Waals surface area contributed by atoms with Crippen molar-refractivity contribution >= 4 is 48.6 Å². The Morgan fingerprint density at radius 1 is 1.47 bits per heavy atom. The molecule has 3 nitrogen and oxygen atoms in total. The molecule has 0 aliphatic heterocycles. The Morgan fingerprint density at radius 2 is 2.21 bits per heavy atom. The highest BCUT2D eigenvalue weighted by Crippen LogP contribution is 2.29. The van der Waals surface area contributed by atoms with Gasteiger partial charge in [0.1, 0.15) is 0 Å². The molecule has 2 aromatic rings. The van der Waals surface area contributed by atoms with Crippen molar-refractivity contribution in [2.24, 2.45) is 0 Å². The quantitative estimate of drug-likeness (QED) is 0.858. The molecule has 0 aromatic carbocycles. The van der Waals surface area contributed by atoms with E-state index in [-0.39, 0.29) is 6.04 Å². The van der Waals surface area contributed by atoms with Crippen molar-refractivity contribution in [2.75, 3.05) is 0 Å². The molecule has 0 aliphatic rings. The lowest BCUT2D eigenvalue weighted by molar-refractivity contribution is 0.560. The van der Waals surface area contributed by atoms with E-state index in [1.54, 1.807) is 17.4 Å². The van der Waals surface area contributed by atoms with Gasteiger partial charge in [0.2, 0.25) is 10.0 Å². The summed E-state index contributed by atoms with van der Waals surface area (Å²) in [6, 6.07) is 3.54. The van der Waals surface area contributed by atoms with E-state index in [4.69, 9.17) is 0 Å². The second-order valence-electron chi connectivity index (χ2n) is 4.33. The van der Waals surface area contributed by atoms with Crippen LogP contribution in [0.4, 0.5) is 0 Å². The molecule has 19 heavy (non-hydrogen) atoms. The lowest BCUT2D eigenvalue weighted by atomic mass is 10.1. The van der Waals surface area contributed by atoms with E-state index in [9.17, 15) is 8.42 Å². The second-order valence-corrected chi connectivity index (χ2v) is 9.43. The number of halogens is 1. The number of aryl methyl sites for hydroxylation is 1. The summed E-state index contributed by atoms with van der Waals surface area (Å²) >= 11 is 6.37. The van der Waals surface area contributed by atoms with Gasteiger partial charge in [0.15, 0.2) is 0 Å². The maximum Gasteiger partial charge on any atom is 0.241 e. The van der Waals surface area contributed by atoms with E-state index in [1.807, 2.05) is 30.7 Å². The molecule has 2 aromatic heterocycles. The molecule has 2 rings (SSSR count). The summed E-state index contributed by atoms with van der Waals surface area (Å²) in [7, 11) is -3.44. The summed E-state index contributed by atoms with van der Waals surface area (Å²) in [4.78, 5) is 1.16. The fraction of sp³-hybridized carbons (Fsp3) is 0.333. The lowest BCUT2D eigenvalue weighted by Gasteiger charge is -2.13. The highest BCUT2D eigenvalue weighted by atomic mass is 79.9. The van der Waals surface area contributed by atoms with Gasteiger partial charge in [-0.05, 0) is 64.7 Å². The Morgan fingerprint density at radius 3 is 2.74 bits per heavy atom. The third-order valence-corrected chi connectivity index (χ3v) is 6.74. The number of rotatable bonds is 5. The fourth-order valence-electron chi connectivity index (χ4n) is 1.83. The maximum atomic E-state index is 12.3. The van der Waals surface area contributed by atoms with E-state index in [0.29, 0.717) is 11.3 Å².